The first-order chi connectivity index (χ1) is 6.60. The summed E-state index contributed by atoms with van der Waals surface area (Å²) in [4.78, 5) is 4.95. The van der Waals surface area contributed by atoms with Crippen molar-refractivity contribution in [3.8, 4) is 0 Å². The third kappa shape index (κ3) is 2.57. The van der Waals surface area contributed by atoms with Crippen molar-refractivity contribution >= 4 is 27.3 Å². The highest BCUT2D eigenvalue weighted by Gasteiger charge is 2.16. The van der Waals surface area contributed by atoms with E-state index in [0.717, 1.165) is 6.54 Å². The molecule has 1 rings (SSSR count). The predicted octanol–water partition coefficient (Wildman–Crippen LogP) is 2.77. The lowest BCUT2D eigenvalue weighted by molar-refractivity contribution is 0.267. The number of aryl methyl sites for hydroxylation is 1. The second kappa shape index (κ2) is 5.26. The zero-order valence-electron chi connectivity index (χ0n) is 8.88. The Kier molecular flexibility index (Phi) is 4.57. The second-order valence-electron chi connectivity index (χ2n) is 3.38. The van der Waals surface area contributed by atoms with Gasteiger partial charge in [0.1, 0.15) is 0 Å². The molecule has 0 aliphatic heterocycles. The zero-order chi connectivity index (χ0) is 10.7. The highest BCUT2D eigenvalue weighted by molar-refractivity contribution is 9.10. The van der Waals surface area contributed by atoms with E-state index in [1.807, 2.05) is 11.3 Å². The van der Waals surface area contributed by atoms with E-state index in [4.69, 9.17) is 5.73 Å². The number of nitrogens with zero attached hydrogens (tertiary/aromatic N) is 1. The molecule has 2 N–H and O–H groups in total. The highest BCUT2D eigenvalue weighted by atomic mass is 79.9. The highest BCUT2D eigenvalue weighted by Crippen LogP contribution is 2.32. The van der Waals surface area contributed by atoms with Gasteiger partial charge in [-0.05, 0) is 42.5 Å². The quantitative estimate of drug-likeness (QED) is 0.917. The Balaban J connectivity index is 2.89. The number of likely N-dealkylation sites (N-methyl/N-ethyl adjacent to an activating group) is 1. The van der Waals surface area contributed by atoms with Crippen molar-refractivity contribution in [2.24, 2.45) is 5.73 Å². The molecule has 0 fully saturated rings. The van der Waals surface area contributed by atoms with Crippen molar-refractivity contribution in [2.75, 3.05) is 20.1 Å². The summed E-state index contributed by atoms with van der Waals surface area (Å²) in [5, 5.41) is 0. The Morgan fingerprint density at radius 3 is 2.64 bits per heavy atom. The Morgan fingerprint density at radius 2 is 2.29 bits per heavy atom. The first kappa shape index (κ1) is 12.2. The number of hydrogen-bond acceptors (Lipinski definition) is 3. The minimum Gasteiger partial charge on any atom is -0.329 e. The maximum atomic E-state index is 5.79. The van der Waals surface area contributed by atoms with Crippen molar-refractivity contribution in [1.29, 1.82) is 0 Å². The van der Waals surface area contributed by atoms with Crippen LogP contribution >= 0.6 is 27.3 Å². The minimum atomic E-state index is 0.356. The molecular formula is C10H17BrN2S. The van der Waals surface area contributed by atoms with Gasteiger partial charge in [-0.2, -0.15) is 0 Å². The van der Waals surface area contributed by atoms with Gasteiger partial charge in [0, 0.05) is 20.8 Å². The molecule has 0 radical (unpaired) electrons. The lowest BCUT2D eigenvalue weighted by atomic mass is 10.2. The summed E-state index contributed by atoms with van der Waals surface area (Å²) >= 11 is 5.36. The Bertz CT molecular complexity index is 279. The molecule has 0 aliphatic carbocycles. The number of thiophene rings is 1. The van der Waals surface area contributed by atoms with Crippen LogP contribution < -0.4 is 5.73 Å². The normalized spacial score (nSPS) is 13.6. The largest absolute Gasteiger partial charge is 0.329 e. The van der Waals surface area contributed by atoms with Crippen LogP contribution in [-0.4, -0.2) is 25.0 Å². The summed E-state index contributed by atoms with van der Waals surface area (Å²) in [6, 6.07) is 2.54. The van der Waals surface area contributed by atoms with Crippen molar-refractivity contribution in [3.63, 3.8) is 0 Å². The van der Waals surface area contributed by atoms with Crippen molar-refractivity contribution < 1.29 is 0 Å². The molecule has 2 nitrogen and oxygen atoms in total. The Morgan fingerprint density at radius 1 is 1.64 bits per heavy atom. The molecule has 80 valence electrons. The van der Waals surface area contributed by atoms with E-state index in [1.165, 1.54) is 14.2 Å². The van der Waals surface area contributed by atoms with Crippen LogP contribution in [0.1, 0.15) is 22.7 Å². The van der Waals surface area contributed by atoms with Gasteiger partial charge in [-0.1, -0.05) is 6.92 Å². The first-order valence-electron chi connectivity index (χ1n) is 4.76. The van der Waals surface area contributed by atoms with E-state index in [0.29, 0.717) is 12.6 Å². The van der Waals surface area contributed by atoms with Crippen LogP contribution in [0.4, 0.5) is 0 Å². The predicted molar refractivity (Wildman–Crippen MR) is 66.9 cm³/mol. The van der Waals surface area contributed by atoms with Gasteiger partial charge in [0.05, 0.1) is 6.04 Å². The monoisotopic (exact) mass is 276 g/mol. The summed E-state index contributed by atoms with van der Waals surface area (Å²) in [5.74, 6) is 0. The number of hydrogen-bond donors (Lipinski definition) is 1. The molecule has 1 unspecified atom stereocenters. The van der Waals surface area contributed by atoms with Gasteiger partial charge in [0.2, 0.25) is 0 Å². The number of nitrogens with two attached hydrogens (primary N) is 1. The molecule has 1 aromatic rings. The SMILES string of the molecule is CCN(C)C(CN)c1cc(Br)c(C)s1. The van der Waals surface area contributed by atoms with E-state index < -0.39 is 0 Å². The average molecular weight is 277 g/mol. The molecule has 4 heteroatoms. The summed E-state index contributed by atoms with van der Waals surface area (Å²) in [6.45, 7) is 5.98. The van der Waals surface area contributed by atoms with Gasteiger partial charge in [-0.3, -0.25) is 4.90 Å². The van der Waals surface area contributed by atoms with E-state index in [2.05, 4.69) is 47.8 Å². The van der Waals surface area contributed by atoms with Crippen molar-refractivity contribution in [2.45, 2.75) is 19.9 Å². The second-order valence-corrected chi connectivity index (χ2v) is 5.52. The van der Waals surface area contributed by atoms with E-state index in [1.54, 1.807) is 0 Å². The van der Waals surface area contributed by atoms with Crippen molar-refractivity contribution in [1.82, 2.24) is 4.90 Å². The summed E-state index contributed by atoms with van der Waals surface area (Å²) in [6.07, 6.45) is 0. The van der Waals surface area contributed by atoms with Gasteiger partial charge in [0.25, 0.3) is 0 Å². The summed E-state index contributed by atoms with van der Waals surface area (Å²) < 4.78 is 1.19. The maximum Gasteiger partial charge on any atom is 0.0562 e. The molecule has 1 aromatic heterocycles. The zero-order valence-corrected chi connectivity index (χ0v) is 11.3. The van der Waals surface area contributed by atoms with Gasteiger partial charge in [-0.15, -0.1) is 11.3 Å². The van der Waals surface area contributed by atoms with Crippen LogP contribution in [0, 0.1) is 6.92 Å². The fraction of sp³-hybridized carbons (Fsp3) is 0.600. The summed E-state index contributed by atoms with van der Waals surface area (Å²) in [7, 11) is 2.11. The van der Waals surface area contributed by atoms with Crippen molar-refractivity contribution in [3.05, 3.63) is 20.3 Å². The molecule has 0 saturated heterocycles. The molecule has 14 heavy (non-hydrogen) atoms. The standard InChI is InChI=1S/C10H17BrN2S/c1-4-13(3)9(6-12)10-5-8(11)7(2)14-10/h5,9H,4,6,12H2,1-3H3. The van der Waals surface area contributed by atoms with Gasteiger partial charge in [0.15, 0.2) is 0 Å². The van der Waals surface area contributed by atoms with E-state index in [-0.39, 0.29) is 0 Å². The Hall–Kier alpha value is 0.1000. The molecule has 0 aliphatic rings. The first-order valence-corrected chi connectivity index (χ1v) is 6.37. The molecule has 0 amide bonds. The fourth-order valence-corrected chi connectivity index (χ4v) is 3.12. The van der Waals surface area contributed by atoms with Crippen LogP contribution in [-0.2, 0) is 0 Å². The van der Waals surface area contributed by atoms with Crippen LogP contribution in [0.5, 0.6) is 0 Å². The van der Waals surface area contributed by atoms with Crippen LogP contribution in [0.3, 0.4) is 0 Å². The number of rotatable bonds is 4. The van der Waals surface area contributed by atoms with Crippen LogP contribution in [0.2, 0.25) is 0 Å². The molecule has 0 spiro atoms. The Labute approximate surface area is 98.2 Å². The third-order valence-corrected chi connectivity index (χ3v) is 4.70. The fourth-order valence-electron chi connectivity index (χ4n) is 1.38. The van der Waals surface area contributed by atoms with Gasteiger partial charge < -0.3 is 5.73 Å². The smallest absolute Gasteiger partial charge is 0.0562 e. The molecule has 0 saturated carbocycles. The lowest BCUT2D eigenvalue weighted by Gasteiger charge is -2.24. The molecule has 1 heterocycles. The maximum absolute atomic E-state index is 5.79. The lowest BCUT2D eigenvalue weighted by Crippen LogP contribution is -2.29. The molecule has 0 bridgehead atoms. The third-order valence-electron chi connectivity index (χ3n) is 2.46. The van der Waals surface area contributed by atoms with E-state index in [9.17, 15) is 0 Å². The average Bonchev–Trinajstić information content (AvgIpc) is 2.48. The number of halogens is 1. The van der Waals surface area contributed by atoms with Crippen LogP contribution in [0.25, 0.3) is 0 Å². The van der Waals surface area contributed by atoms with Gasteiger partial charge in [-0.25, -0.2) is 0 Å². The molecular weight excluding hydrogens is 260 g/mol. The molecule has 1 atom stereocenters. The van der Waals surface area contributed by atoms with Crippen LogP contribution in [0.15, 0.2) is 10.5 Å². The minimum absolute atomic E-state index is 0.356. The van der Waals surface area contributed by atoms with E-state index >= 15 is 0 Å². The molecule has 0 aromatic carbocycles. The topological polar surface area (TPSA) is 29.3 Å². The van der Waals surface area contributed by atoms with Gasteiger partial charge >= 0.3 is 0 Å². The summed E-state index contributed by atoms with van der Waals surface area (Å²) in [5.41, 5.74) is 5.79.